The van der Waals surface area contributed by atoms with E-state index >= 15 is 0 Å². The molecule has 0 saturated heterocycles. The topological polar surface area (TPSA) is 18.1 Å². The van der Waals surface area contributed by atoms with Gasteiger partial charge in [0.05, 0.1) is 11.0 Å². The second kappa shape index (κ2) is 7.99. The number of fused-ring (bicyclic) bond motifs is 6. The summed E-state index contributed by atoms with van der Waals surface area (Å²) in [6, 6.07) is 50.7. The first kappa shape index (κ1) is 22.1. The molecule has 0 aliphatic heterocycles. The summed E-state index contributed by atoms with van der Waals surface area (Å²) < 4.78 is 8.70. The van der Waals surface area contributed by atoms with Crippen molar-refractivity contribution in [3.63, 3.8) is 0 Å². The summed E-state index contributed by atoms with van der Waals surface area (Å²) >= 11 is 0. The van der Waals surface area contributed by atoms with Crippen LogP contribution in [0.2, 0.25) is 0 Å². The molecule has 2 heteroatoms. The summed E-state index contributed by atoms with van der Waals surface area (Å²) in [5, 5.41) is 12.6. The van der Waals surface area contributed by atoms with Crippen molar-refractivity contribution in [1.29, 1.82) is 0 Å². The summed E-state index contributed by atoms with van der Waals surface area (Å²) in [7, 11) is 0. The number of benzene rings is 8. The van der Waals surface area contributed by atoms with Gasteiger partial charge in [-0.2, -0.15) is 0 Å². The first-order valence-corrected chi connectivity index (χ1v) is 14.4. The van der Waals surface area contributed by atoms with E-state index in [-0.39, 0.29) is 0 Å². The zero-order valence-electron chi connectivity index (χ0n) is 22.6. The van der Waals surface area contributed by atoms with Gasteiger partial charge in [0, 0.05) is 33.3 Å². The molecule has 0 amide bonds. The van der Waals surface area contributed by atoms with Crippen molar-refractivity contribution in [2.45, 2.75) is 0 Å². The van der Waals surface area contributed by atoms with Gasteiger partial charge in [0.15, 0.2) is 0 Å². The summed E-state index contributed by atoms with van der Waals surface area (Å²) in [5.74, 6) is 0. The Bertz CT molecular complexity index is 2660. The summed E-state index contributed by atoms with van der Waals surface area (Å²) in [4.78, 5) is 0. The minimum Gasteiger partial charge on any atom is -0.456 e. The fraction of sp³-hybridized carbons (Fsp3) is 0. The van der Waals surface area contributed by atoms with Crippen molar-refractivity contribution in [3.8, 4) is 16.8 Å². The average Bonchev–Trinajstić information content (AvgIpc) is 3.57. The van der Waals surface area contributed by atoms with Crippen molar-refractivity contribution in [2.75, 3.05) is 0 Å². The van der Waals surface area contributed by atoms with Crippen molar-refractivity contribution in [1.82, 2.24) is 4.57 Å². The molecular formula is C40H23NO. The lowest BCUT2D eigenvalue weighted by atomic mass is 9.89. The Labute approximate surface area is 241 Å². The van der Waals surface area contributed by atoms with Crippen LogP contribution in [0.4, 0.5) is 0 Å². The van der Waals surface area contributed by atoms with Gasteiger partial charge in [0.1, 0.15) is 11.2 Å². The molecule has 0 aliphatic rings. The fourth-order valence-electron chi connectivity index (χ4n) is 7.25. The van der Waals surface area contributed by atoms with Crippen molar-refractivity contribution < 1.29 is 4.42 Å². The first-order chi connectivity index (χ1) is 20.8. The van der Waals surface area contributed by atoms with Crippen LogP contribution in [-0.4, -0.2) is 4.57 Å². The number of nitrogens with zero attached hydrogens (tertiary/aromatic N) is 1. The molecular weight excluding hydrogens is 510 g/mol. The van der Waals surface area contributed by atoms with Crippen LogP contribution < -0.4 is 0 Å². The number of aromatic nitrogens is 1. The van der Waals surface area contributed by atoms with Gasteiger partial charge in [-0.1, -0.05) is 97.1 Å². The molecule has 2 heterocycles. The van der Waals surface area contributed by atoms with Crippen LogP contribution in [0.3, 0.4) is 0 Å². The average molecular weight is 534 g/mol. The molecule has 0 atom stereocenters. The first-order valence-electron chi connectivity index (χ1n) is 14.4. The van der Waals surface area contributed by atoms with Gasteiger partial charge in [-0.05, 0) is 79.8 Å². The molecule has 0 fully saturated rings. The van der Waals surface area contributed by atoms with Crippen LogP contribution >= 0.6 is 0 Å². The van der Waals surface area contributed by atoms with E-state index < -0.39 is 0 Å². The maximum absolute atomic E-state index is 6.33. The fourth-order valence-corrected chi connectivity index (χ4v) is 7.25. The van der Waals surface area contributed by atoms with Gasteiger partial charge in [-0.25, -0.2) is 0 Å². The number of para-hydroxylation sites is 2. The van der Waals surface area contributed by atoms with E-state index in [0.29, 0.717) is 0 Å². The van der Waals surface area contributed by atoms with Gasteiger partial charge < -0.3 is 8.98 Å². The van der Waals surface area contributed by atoms with Gasteiger partial charge >= 0.3 is 0 Å². The van der Waals surface area contributed by atoms with Crippen molar-refractivity contribution in [2.24, 2.45) is 0 Å². The second-order valence-electron chi connectivity index (χ2n) is 11.3. The molecule has 0 N–H and O–H groups in total. The van der Waals surface area contributed by atoms with Crippen LogP contribution in [0.5, 0.6) is 0 Å². The lowest BCUT2D eigenvalue weighted by molar-refractivity contribution is 0.669. The van der Waals surface area contributed by atoms with E-state index in [0.717, 1.165) is 33.1 Å². The Morgan fingerprint density at radius 3 is 2.02 bits per heavy atom. The SMILES string of the molecule is c1ccc(-n2c3ccc(-c4ccc5ccc6cccc7ccc4c5c67)cc3c3cc4c(cc32)oc2ccccc24)cc1. The Kier molecular flexibility index (Phi) is 4.21. The number of hydrogen-bond donors (Lipinski definition) is 0. The molecule has 0 spiro atoms. The molecule has 0 saturated carbocycles. The molecule has 0 bridgehead atoms. The minimum absolute atomic E-state index is 0.913. The van der Waals surface area contributed by atoms with E-state index in [1.54, 1.807) is 0 Å². The van der Waals surface area contributed by atoms with Crippen LogP contribution in [0.1, 0.15) is 0 Å². The second-order valence-corrected chi connectivity index (χ2v) is 11.3. The van der Waals surface area contributed by atoms with E-state index in [4.69, 9.17) is 4.42 Å². The zero-order valence-corrected chi connectivity index (χ0v) is 22.6. The van der Waals surface area contributed by atoms with Crippen LogP contribution in [0, 0.1) is 0 Å². The monoisotopic (exact) mass is 533 g/mol. The molecule has 42 heavy (non-hydrogen) atoms. The minimum atomic E-state index is 0.913. The molecule has 194 valence electrons. The predicted molar refractivity (Wildman–Crippen MR) is 177 cm³/mol. The highest BCUT2D eigenvalue weighted by molar-refractivity contribution is 6.26. The summed E-state index contributed by atoms with van der Waals surface area (Å²) in [5.41, 5.74) is 7.80. The van der Waals surface area contributed by atoms with Gasteiger partial charge in [-0.15, -0.1) is 0 Å². The van der Waals surface area contributed by atoms with Crippen LogP contribution in [0.15, 0.2) is 144 Å². The summed E-state index contributed by atoms with van der Waals surface area (Å²) in [6.07, 6.45) is 0. The molecule has 0 unspecified atom stereocenters. The highest BCUT2D eigenvalue weighted by Gasteiger charge is 2.18. The van der Waals surface area contributed by atoms with Crippen LogP contribution in [-0.2, 0) is 0 Å². The number of hydrogen-bond acceptors (Lipinski definition) is 1. The quantitative estimate of drug-likeness (QED) is 0.202. The third-order valence-electron chi connectivity index (χ3n) is 9.12. The maximum atomic E-state index is 6.33. The largest absolute Gasteiger partial charge is 0.456 e. The molecule has 0 aliphatic carbocycles. The van der Waals surface area contributed by atoms with Gasteiger partial charge in [-0.3, -0.25) is 0 Å². The third-order valence-corrected chi connectivity index (χ3v) is 9.12. The highest BCUT2D eigenvalue weighted by atomic mass is 16.3. The lowest BCUT2D eigenvalue weighted by Gasteiger charge is -2.14. The number of rotatable bonds is 2. The summed E-state index contributed by atoms with van der Waals surface area (Å²) in [6.45, 7) is 0. The zero-order chi connectivity index (χ0) is 27.4. The maximum Gasteiger partial charge on any atom is 0.137 e. The van der Waals surface area contributed by atoms with Gasteiger partial charge in [0.25, 0.3) is 0 Å². The molecule has 10 aromatic rings. The third kappa shape index (κ3) is 2.88. The van der Waals surface area contributed by atoms with Crippen LogP contribution in [0.25, 0.3) is 92.9 Å². The molecule has 0 radical (unpaired) electrons. The Balaban J connectivity index is 1.31. The molecule has 8 aromatic carbocycles. The standard InChI is InChI=1S/C40H23NO/c1-2-9-28(10-3-1)41-35-20-17-27(21-32(35)33-22-34-30-11-4-5-12-37(30)42-38(34)23-36(33)41)29-18-15-26-14-13-24-7-6-8-25-16-19-31(29)40(26)39(24)25/h1-23H. The van der Waals surface area contributed by atoms with Gasteiger partial charge in [0.2, 0.25) is 0 Å². The predicted octanol–water partition coefficient (Wildman–Crippen LogP) is 11.2. The molecule has 2 nitrogen and oxygen atoms in total. The molecule has 2 aromatic heterocycles. The normalized spacial score (nSPS) is 12.3. The van der Waals surface area contributed by atoms with Crippen molar-refractivity contribution in [3.05, 3.63) is 140 Å². The Morgan fingerprint density at radius 2 is 1.14 bits per heavy atom. The van der Waals surface area contributed by atoms with Crippen molar-refractivity contribution >= 4 is 76.1 Å². The van der Waals surface area contributed by atoms with E-state index in [9.17, 15) is 0 Å². The Morgan fingerprint density at radius 1 is 0.405 bits per heavy atom. The van der Waals surface area contributed by atoms with E-state index in [1.807, 2.05) is 6.07 Å². The Hall–Kier alpha value is -5.60. The smallest absolute Gasteiger partial charge is 0.137 e. The highest BCUT2D eigenvalue weighted by Crippen LogP contribution is 2.42. The molecule has 10 rings (SSSR count). The van der Waals surface area contributed by atoms with E-state index in [2.05, 4.69) is 138 Å². The number of furan rings is 1. The van der Waals surface area contributed by atoms with E-state index in [1.165, 1.54) is 59.7 Å². The lowest BCUT2D eigenvalue weighted by Crippen LogP contribution is -1.93.